The Labute approximate surface area is 155 Å². The minimum Gasteiger partial charge on any atom is -0.331 e. The van der Waals surface area contributed by atoms with Crippen molar-refractivity contribution in [3.05, 3.63) is 63.7 Å². The first kappa shape index (κ1) is 18.6. The highest BCUT2D eigenvalue weighted by Gasteiger charge is 2.13. The van der Waals surface area contributed by atoms with Crippen LogP contribution in [-0.2, 0) is 0 Å². The first-order valence-corrected chi connectivity index (χ1v) is 8.12. The van der Waals surface area contributed by atoms with Crippen LogP contribution in [0.3, 0.4) is 0 Å². The molecule has 0 atom stereocenters. The Morgan fingerprint density at radius 2 is 1.52 bits per heavy atom. The van der Waals surface area contributed by atoms with E-state index in [-0.39, 0.29) is 10.8 Å². The molecule has 0 radical (unpaired) electrons. The number of hydrogen-bond acceptors (Lipinski definition) is 4. The molecule has 2 aromatic carbocycles. The van der Waals surface area contributed by atoms with Crippen molar-refractivity contribution < 1.29 is 4.92 Å². The number of nitro groups is 1. The molecule has 2 aromatic rings. The topological polar surface area (TPSA) is 91.3 Å². The van der Waals surface area contributed by atoms with E-state index in [2.05, 4.69) is 27.6 Å². The molecule has 0 saturated heterocycles. The molecule has 0 aliphatic rings. The highest BCUT2D eigenvalue weighted by Crippen LogP contribution is 2.22. The number of hydrogen-bond donors (Lipinski definition) is 4. The van der Waals surface area contributed by atoms with Crippen LogP contribution in [0.2, 0.25) is 0 Å². The molecule has 9 heteroatoms. The summed E-state index contributed by atoms with van der Waals surface area (Å²) in [7, 11) is 0. The second kappa shape index (κ2) is 8.36. The summed E-state index contributed by atoms with van der Waals surface area (Å²) < 4.78 is 0. The number of thiocarbonyl (C=S) groups is 2. The number of para-hydroxylation sites is 2. The number of nitro benzene ring substituents is 1. The van der Waals surface area contributed by atoms with Crippen LogP contribution in [0.15, 0.2) is 42.5 Å². The van der Waals surface area contributed by atoms with Gasteiger partial charge in [-0.15, -0.1) is 0 Å². The summed E-state index contributed by atoms with van der Waals surface area (Å²) in [4.78, 5) is 10.5. The Morgan fingerprint density at radius 1 is 0.960 bits per heavy atom. The fraction of sp³-hybridized carbons (Fsp3) is 0.125. The highest BCUT2D eigenvalue weighted by atomic mass is 32.1. The Bertz CT molecular complexity index is 806. The van der Waals surface area contributed by atoms with E-state index < -0.39 is 4.92 Å². The predicted molar refractivity (Wildman–Crippen MR) is 108 cm³/mol. The molecular formula is C16H17N5O2S2. The van der Waals surface area contributed by atoms with E-state index in [1.54, 1.807) is 18.2 Å². The maximum absolute atomic E-state index is 11.0. The normalized spacial score (nSPS) is 9.84. The number of nitrogens with zero attached hydrogens (tertiary/aromatic N) is 1. The number of aryl methyl sites for hydroxylation is 2. The molecule has 4 N–H and O–H groups in total. The maximum atomic E-state index is 11.0. The molecule has 0 heterocycles. The van der Waals surface area contributed by atoms with Crippen LogP contribution in [0, 0.1) is 24.0 Å². The molecule has 25 heavy (non-hydrogen) atoms. The zero-order valence-corrected chi connectivity index (χ0v) is 15.3. The van der Waals surface area contributed by atoms with E-state index in [0.717, 1.165) is 16.8 Å². The standard InChI is InChI=1S/C16H17N5O2S2/c1-10-7-11(2)9-12(8-10)17-15(24)19-20-16(25)18-13-5-3-4-6-14(13)21(22)23/h3-9H,1-2H3,(H2,17,19,24)(H2,18,20,25). The Balaban J connectivity index is 1.89. The van der Waals surface area contributed by atoms with E-state index in [0.29, 0.717) is 10.8 Å². The van der Waals surface area contributed by atoms with Gasteiger partial charge in [-0.3, -0.25) is 21.0 Å². The number of anilines is 2. The molecule has 0 unspecified atom stereocenters. The lowest BCUT2D eigenvalue weighted by molar-refractivity contribution is -0.383. The predicted octanol–water partition coefficient (Wildman–Crippen LogP) is 3.40. The maximum Gasteiger partial charge on any atom is 0.292 e. The third-order valence-corrected chi connectivity index (χ3v) is 3.53. The fourth-order valence-electron chi connectivity index (χ4n) is 2.21. The molecule has 0 spiro atoms. The van der Waals surface area contributed by atoms with Crippen LogP contribution < -0.4 is 21.5 Å². The van der Waals surface area contributed by atoms with Gasteiger partial charge in [0.2, 0.25) is 0 Å². The molecule has 0 amide bonds. The monoisotopic (exact) mass is 375 g/mol. The summed E-state index contributed by atoms with van der Waals surface area (Å²) in [5, 5.41) is 17.2. The number of benzene rings is 2. The molecular weight excluding hydrogens is 358 g/mol. The van der Waals surface area contributed by atoms with Gasteiger partial charge in [0.25, 0.3) is 5.69 Å². The SMILES string of the molecule is Cc1cc(C)cc(NC(=S)NNC(=S)Nc2ccccc2[N+](=O)[O-])c1. The van der Waals surface area contributed by atoms with E-state index in [1.807, 2.05) is 26.0 Å². The van der Waals surface area contributed by atoms with Gasteiger partial charge in [0.1, 0.15) is 5.69 Å². The van der Waals surface area contributed by atoms with Crippen molar-refractivity contribution in [1.29, 1.82) is 0 Å². The molecule has 0 fully saturated rings. The Morgan fingerprint density at radius 3 is 2.12 bits per heavy atom. The summed E-state index contributed by atoms with van der Waals surface area (Å²) >= 11 is 10.3. The summed E-state index contributed by atoms with van der Waals surface area (Å²) in [5.74, 6) is 0. The summed E-state index contributed by atoms with van der Waals surface area (Å²) in [6.45, 7) is 4.00. The smallest absolute Gasteiger partial charge is 0.292 e. The average Bonchev–Trinajstić information content (AvgIpc) is 2.52. The van der Waals surface area contributed by atoms with Crippen molar-refractivity contribution in [2.75, 3.05) is 10.6 Å². The lowest BCUT2D eigenvalue weighted by Gasteiger charge is -2.15. The molecule has 0 saturated carbocycles. The van der Waals surface area contributed by atoms with Crippen LogP contribution in [0.25, 0.3) is 0 Å². The summed E-state index contributed by atoms with van der Waals surface area (Å²) in [6, 6.07) is 12.2. The lowest BCUT2D eigenvalue weighted by Crippen LogP contribution is -2.45. The second-order valence-electron chi connectivity index (χ2n) is 5.31. The van der Waals surface area contributed by atoms with Crippen molar-refractivity contribution in [2.45, 2.75) is 13.8 Å². The second-order valence-corrected chi connectivity index (χ2v) is 6.13. The van der Waals surface area contributed by atoms with Crippen molar-refractivity contribution in [1.82, 2.24) is 10.9 Å². The molecule has 130 valence electrons. The summed E-state index contributed by atoms with van der Waals surface area (Å²) in [5.41, 5.74) is 8.74. The van der Waals surface area contributed by atoms with Gasteiger partial charge in [-0.05, 0) is 67.6 Å². The van der Waals surface area contributed by atoms with Gasteiger partial charge < -0.3 is 10.6 Å². The Hall–Kier alpha value is -2.78. The van der Waals surface area contributed by atoms with Crippen molar-refractivity contribution >= 4 is 51.7 Å². The largest absolute Gasteiger partial charge is 0.331 e. The minimum absolute atomic E-state index is 0.0670. The quantitative estimate of drug-likeness (QED) is 0.369. The van der Waals surface area contributed by atoms with Crippen LogP contribution in [0.5, 0.6) is 0 Å². The van der Waals surface area contributed by atoms with Crippen molar-refractivity contribution in [3.8, 4) is 0 Å². The van der Waals surface area contributed by atoms with Crippen LogP contribution >= 0.6 is 24.4 Å². The van der Waals surface area contributed by atoms with Gasteiger partial charge in [-0.2, -0.15) is 0 Å². The van der Waals surface area contributed by atoms with Crippen molar-refractivity contribution in [2.24, 2.45) is 0 Å². The molecule has 0 aliphatic carbocycles. The number of rotatable bonds is 3. The van der Waals surface area contributed by atoms with E-state index in [1.165, 1.54) is 6.07 Å². The van der Waals surface area contributed by atoms with Gasteiger partial charge in [0.05, 0.1) is 4.92 Å². The fourth-order valence-corrected chi connectivity index (χ4v) is 2.54. The van der Waals surface area contributed by atoms with Gasteiger partial charge in [-0.25, -0.2) is 0 Å². The van der Waals surface area contributed by atoms with E-state index in [4.69, 9.17) is 24.4 Å². The number of hydrazine groups is 1. The molecule has 0 aliphatic heterocycles. The number of nitrogens with one attached hydrogen (secondary N) is 4. The minimum atomic E-state index is -0.482. The van der Waals surface area contributed by atoms with E-state index >= 15 is 0 Å². The first-order chi connectivity index (χ1) is 11.8. The third-order valence-electron chi connectivity index (χ3n) is 3.12. The molecule has 7 nitrogen and oxygen atoms in total. The van der Waals surface area contributed by atoms with Crippen LogP contribution in [-0.4, -0.2) is 15.1 Å². The molecule has 0 bridgehead atoms. The Kier molecular flexibility index (Phi) is 6.20. The van der Waals surface area contributed by atoms with Crippen LogP contribution in [0.4, 0.5) is 17.1 Å². The van der Waals surface area contributed by atoms with Crippen LogP contribution in [0.1, 0.15) is 11.1 Å². The average molecular weight is 375 g/mol. The van der Waals surface area contributed by atoms with Crippen molar-refractivity contribution in [3.63, 3.8) is 0 Å². The zero-order chi connectivity index (χ0) is 18.4. The van der Waals surface area contributed by atoms with Gasteiger partial charge in [0, 0.05) is 11.8 Å². The molecule has 2 rings (SSSR count). The molecule has 0 aromatic heterocycles. The van der Waals surface area contributed by atoms with E-state index in [9.17, 15) is 10.1 Å². The van der Waals surface area contributed by atoms with Gasteiger partial charge in [0.15, 0.2) is 10.2 Å². The lowest BCUT2D eigenvalue weighted by atomic mass is 10.1. The summed E-state index contributed by atoms with van der Waals surface area (Å²) in [6.07, 6.45) is 0. The van der Waals surface area contributed by atoms with Gasteiger partial charge >= 0.3 is 0 Å². The third kappa shape index (κ3) is 5.66. The highest BCUT2D eigenvalue weighted by molar-refractivity contribution is 7.81. The van der Waals surface area contributed by atoms with Gasteiger partial charge in [-0.1, -0.05) is 18.2 Å². The first-order valence-electron chi connectivity index (χ1n) is 7.31. The zero-order valence-electron chi connectivity index (χ0n) is 13.6.